The van der Waals surface area contributed by atoms with E-state index in [-0.39, 0.29) is 23.7 Å². The molecule has 2 rings (SSSR count). The first-order chi connectivity index (χ1) is 12.8. The third-order valence-electron chi connectivity index (χ3n) is 4.66. The van der Waals surface area contributed by atoms with Crippen molar-refractivity contribution in [3.05, 3.63) is 41.7 Å². The van der Waals surface area contributed by atoms with Gasteiger partial charge in [0, 0.05) is 24.2 Å². The molecule has 3 atom stereocenters. The largest absolute Gasteiger partial charge is 0.369 e. The highest BCUT2D eigenvalue weighted by atomic mass is 19.1. The molecule has 0 spiro atoms. The van der Waals surface area contributed by atoms with Crippen LogP contribution in [0.3, 0.4) is 0 Å². The molecule has 1 aromatic carbocycles. The third kappa shape index (κ3) is 5.87. The SMILES string of the molecule is CCC(CC)O[C@@H]1C=C(C(=O)Nc2ccc(F)cc2)C[C@H](N)[C@H]1NC(C)=O. The van der Waals surface area contributed by atoms with Crippen LogP contribution in [0.2, 0.25) is 0 Å². The Labute approximate surface area is 159 Å². The molecule has 148 valence electrons. The van der Waals surface area contributed by atoms with Crippen LogP contribution in [0.4, 0.5) is 10.1 Å². The number of halogens is 1. The molecule has 0 saturated heterocycles. The van der Waals surface area contributed by atoms with Crippen molar-refractivity contribution < 1.29 is 18.7 Å². The van der Waals surface area contributed by atoms with E-state index in [9.17, 15) is 14.0 Å². The number of carbonyl (C=O) groups is 2. The highest BCUT2D eigenvalue weighted by molar-refractivity contribution is 6.04. The third-order valence-corrected chi connectivity index (χ3v) is 4.66. The van der Waals surface area contributed by atoms with Crippen LogP contribution < -0.4 is 16.4 Å². The van der Waals surface area contributed by atoms with Crippen molar-refractivity contribution in [2.75, 3.05) is 5.32 Å². The van der Waals surface area contributed by atoms with Gasteiger partial charge in [-0.05, 0) is 49.6 Å². The number of nitrogens with one attached hydrogen (secondary N) is 2. The first kappa shape index (κ1) is 21.1. The Kier molecular flexibility index (Phi) is 7.50. The second-order valence-corrected chi connectivity index (χ2v) is 6.79. The Hall–Kier alpha value is -2.25. The molecule has 0 aromatic heterocycles. The summed E-state index contributed by atoms with van der Waals surface area (Å²) in [5.41, 5.74) is 7.24. The van der Waals surface area contributed by atoms with E-state index in [1.165, 1.54) is 31.2 Å². The number of hydrogen-bond donors (Lipinski definition) is 3. The summed E-state index contributed by atoms with van der Waals surface area (Å²) in [5.74, 6) is -0.874. The predicted molar refractivity (Wildman–Crippen MR) is 103 cm³/mol. The summed E-state index contributed by atoms with van der Waals surface area (Å²) in [7, 11) is 0. The monoisotopic (exact) mass is 377 g/mol. The molecule has 1 aromatic rings. The lowest BCUT2D eigenvalue weighted by Gasteiger charge is -2.36. The Bertz CT molecular complexity index is 686. The zero-order valence-electron chi connectivity index (χ0n) is 16.0. The molecule has 2 amide bonds. The van der Waals surface area contributed by atoms with E-state index in [1.54, 1.807) is 6.08 Å². The zero-order chi connectivity index (χ0) is 20.0. The number of rotatable bonds is 7. The van der Waals surface area contributed by atoms with Crippen LogP contribution >= 0.6 is 0 Å². The fourth-order valence-electron chi connectivity index (χ4n) is 3.16. The molecule has 1 aliphatic rings. The first-order valence-corrected chi connectivity index (χ1v) is 9.29. The van der Waals surface area contributed by atoms with Crippen molar-refractivity contribution in [3.63, 3.8) is 0 Å². The standard InChI is InChI=1S/C20H28FN3O3/c1-4-16(5-2)27-18-11-13(10-17(22)19(18)23-12(3)25)20(26)24-15-8-6-14(21)7-9-15/h6-9,11,16-19H,4-5,10,22H2,1-3H3,(H,23,25)(H,24,26)/t17-,18+,19+/m0/s1. The summed E-state index contributed by atoms with van der Waals surface area (Å²) < 4.78 is 19.1. The maximum atomic E-state index is 13.0. The second-order valence-electron chi connectivity index (χ2n) is 6.79. The number of carbonyl (C=O) groups excluding carboxylic acids is 2. The number of benzene rings is 1. The minimum atomic E-state index is -0.489. The summed E-state index contributed by atoms with van der Waals surface area (Å²) in [6.45, 7) is 5.48. The van der Waals surface area contributed by atoms with Gasteiger partial charge in [-0.2, -0.15) is 0 Å². The molecule has 0 unspecified atom stereocenters. The van der Waals surface area contributed by atoms with Crippen molar-refractivity contribution in [3.8, 4) is 0 Å². The van der Waals surface area contributed by atoms with Gasteiger partial charge in [-0.25, -0.2) is 4.39 Å². The molecule has 0 aliphatic heterocycles. The van der Waals surface area contributed by atoms with Gasteiger partial charge in [0.1, 0.15) is 5.82 Å². The lowest BCUT2D eigenvalue weighted by Crippen LogP contribution is -2.57. The smallest absolute Gasteiger partial charge is 0.251 e. The molecular weight excluding hydrogens is 349 g/mol. The molecule has 4 N–H and O–H groups in total. The van der Waals surface area contributed by atoms with Gasteiger partial charge in [-0.15, -0.1) is 0 Å². The molecule has 0 bridgehead atoms. The minimum Gasteiger partial charge on any atom is -0.369 e. The van der Waals surface area contributed by atoms with E-state index in [0.29, 0.717) is 17.7 Å². The Balaban J connectivity index is 2.20. The topological polar surface area (TPSA) is 93.4 Å². The van der Waals surface area contributed by atoms with Crippen LogP contribution in [0.5, 0.6) is 0 Å². The van der Waals surface area contributed by atoms with Crippen molar-refractivity contribution in [1.82, 2.24) is 5.32 Å². The zero-order valence-corrected chi connectivity index (χ0v) is 16.0. The van der Waals surface area contributed by atoms with Crippen molar-refractivity contribution >= 4 is 17.5 Å². The van der Waals surface area contributed by atoms with Crippen molar-refractivity contribution in [1.29, 1.82) is 0 Å². The van der Waals surface area contributed by atoms with E-state index >= 15 is 0 Å². The van der Waals surface area contributed by atoms with Crippen LogP contribution in [-0.4, -0.2) is 36.1 Å². The molecule has 0 heterocycles. The molecule has 0 radical (unpaired) electrons. The first-order valence-electron chi connectivity index (χ1n) is 9.29. The van der Waals surface area contributed by atoms with E-state index in [0.717, 1.165) is 12.8 Å². The minimum absolute atomic E-state index is 0.00854. The predicted octanol–water partition coefficient (Wildman–Crippen LogP) is 2.50. The molecule has 7 heteroatoms. The molecule has 1 aliphatic carbocycles. The highest BCUT2D eigenvalue weighted by Gasteiger charge is 2.35. The molecule has 6 nitrogen and oxygen atoms in total. The van der Waals surface area contributed by atoms with Crippen LogP contribution in [0.15, 0.2) is 35.9 Å². The number of anilines is 1. The van der Waals surface area contributed by atoms with E-state index in [4.69, 9.17) is 10.5 Å². The molecule has 0 saturated carbocycles. The summed E-state index contributed by atoms with van der Waals surface area (Å²) in [4.78, 5) is 24.2. The molecular formula is C20H28FN3O3. The van der Waals surface area contributed by atoms with Crippen LogP contribution in [0.1, 0.15) is 40.0 Å². The average molecular weight is 377 g/mol. The van der Waals surface area contributed by atoms with Gasteiger partial charge in [-0.1, -0.05) is 13.8 Å². The maximum Gasteiger partial charge on any atom is 0.251 e. The summed E-state index contributed by atoms with van der Waals surface area (Å²) in [5, 5.41) is 5.59. The normalized spacial score (nSPS) is 22.3. The maximum absolute atomic E-state index is 13.0. The van der Waals surface area contributed by atoms with Crippen LogP contribution in [-0.2, 0) is 14.3 Å². The number of ether oxygens (including phenoxy) is 1. The quantitative estimate of drug-likeness (QED) is 0.681. The van der Waals surface area contributed by atoms with Crippen LogP contribution in [0.25, 0.3) is 0 Å². The van der Waals surface area contributed by atoms with E-state index in [1.807, 2.05) is 13.8 Å². The Morgan fingerprint density at radius 2 is 1.89 bits per heavy atom. The molecule has 27 heavy (non-hydrogen) atoms. The molecule has 0 fully saturated rings. The highest BCUT2D eigenvalue weighted by Crippen LogP contribution is 2.24. The Morgan fingerprint density at radius 3 is 2.44 bits per heavy atom. The van der Waals surface area contributed by atoms with Gasteiger partial charge in [0.05, 0.1) is 18.2 Å². The summed E-state index contributed by atoms with van der Waals surface area (Å²) in [6.07, 6.45) is 3.20. The van der Waals surface area contributed by atoms with Gasteiger partial charge in [0.25, 0.3) is 5.91 Å². The van der Waals surface area contributed by atoms with Gasteiger partial charge < -0.3 is 21.1 Å². The summed E-state index contributed by atoms with van der Waals surface area (Å²) >= 11 is 0. The lowest BCUT2D eigenvalue weighted by atomic mass is 9.87. The second kappa shape index (κ2) is 9.62. The fourth-order valence-corrected chi connectivity index (χ4v) is 3.16. The number of nitrogens with two attached hydrogens (primary N) is 1. The van der Waals surface area contributed by atoms with E-state index in [2.05, 4.69) is 10.6 Å². The van der Waals surface area contributed by atoms with Crippen molar-refractivity contribution in [2.45, 2.75) is 64.3 Å². The lowest BCUT2D eigenvalue weighted by molar-refractivity contribution is -0.121. The number of hydrogen-bond acceptors (Lipinski definition) is 4. The van der Waals surface area contributed by atoms with Gasteiger partial charge >= 0.3 is 0 Å². The average Bonchev–Trinajstić information content (AvgIpc) is 2.63. The number of amides is 2. The van der Waals surface area contributed by atoms with Gasteiger partial charge in [0.2, 0.25) is 5.91 Å². The summed E-state index contributed by atoms with van der Waals surface area (Å²) in [6, 6.07) is 4.70. The van der Waals surface area contributed by atoms with Gasteiger partial charge in [0.15, 0.2) is 0 Å². The van der Waals surface area contributed by atoms with Crippen LogP contribution in [0, 0.1) is 5.82 Å². The fraction of sp³-hybridized carbons (Fsp3) is 0.500. The van der Waals surface area contributed by atoms with Gasteiger partial charge in [-0.3, -0.25) is 9.59 Å². The van der Waals surface area contributed by atoms with Crippen molar-refractivity contribution in [2.24, 2.45) is 5.73 Å². The van der Waals surface area contributed by atoms with E-state index < -0.39 is 18.2 Å². The Morgan fingerprint density at radius 1 is 1.26 bits per heavy atom.